The summed E-state index contributed by atoms with van der Waals surface area (Å²) in [4.78, 5) is 6.25. The molecule has 1 aromatic heterocycles. The Bertz CT molecular complexity index is 440. The van der Waals surface area contributed by atoms with Crippen LogP contribution >= 0.6 is 11.6 Å². The van der Waals surface area contributed by atoms with E-state index in [9.17, 15) is 0 Å². The molecule has 0 atom stereocenters. The molecule has 0 radical (unpaired) electrons. The number of aliphatic hydroxyl groups is 1. The van der Waals surface area contributed by atoms with Crippen molar-refractivity contribution in [2.24, 2.45) is 0 Å². The van der Waals surface area contributed by atoms with Crippen LogP contribution < -0.4 is 4.90 Å². The number of rotatable bonds is 4. The van der Waals surface area contributed by atoms with E-state index < -0.39 is 0 Å². The van der Waals surface area contributed by atoms with E-state index in [0.717, 1.165) is 12.8 Å². The van der Waals surface area contributed by atoms with Crippen molar-refractivity contribution >= 4 is 17.4 Å². The van der Waals surface area contributed by atoms with Gasteiger partial charge in [-0.15, -0.1) is 0 Å². The van der Waals surface area contributed by atoms with E-state index in [4.69, 9.17) is 22.0 Å². The molecule has 0 aromatic carbocycles. The van der Waals surface area contributed by atoms with Crippen molar-refractivity contribution < 1.29 is 5.11 Å². The minimum Gasteiger partial charge on any atom is -0.395 e. The summed E-state index contributed by atoms with van der Waals surface area (Å²) in [5, 5.41) is 18.4. The van der Waals surface area contributed by atoms with Crippen LogP contribution in [0.5, 0.6) is 0 Å². The highest BCUT2D eigenvalue weighted by molar-refractivity contribution is 6.34. The average molecular weight is 252 g/mol. The number of hydrogen-bond donors (Lipinski definition) is 1. The van der Waals surface area contributed by atoms with E-state index in [-0.39, 0.29) is 6.61 Å². The molecule has 1 heterocycles. The lowest BCUT2D eigenvalue weighted by Gasteiger charge is -2.38. The minimum absolute atomic E-state index is 0.0608. The molecule has 1 N–H and O–H groups in total. The van der Waals surface area contributed by atoms with Crippen LogP contribution in [0.3, 0.4) is 0 Å². The predicted octanol–water partition coefficient (Wildman–Crippen LogP) is 1.96. The zero-order chi connectivity index (χ0) is 12.3. The number of aromatic nitrogens is 1. The van der Waals surface area contributed by atoms with Gasteiger partial charge in [0.1, 0.15) is 16.9 Å². The summed E-state index contributed by atoms with van der Waals surface area (Å²) in [5.74, 6) is 0.615. The van der Waals surface area contributed by atoms with E-state index in [1.54, 1.807) is 12.3 Å². The van der Waals surface area contributed by atoms with Gasteiger partial charge < -0.3 is 10.0 Å². The van der Waals surface area contributed by atoms with Gasteiger partial charge in [-0.25, -0.2) is 4.98 Å². The van der Waals surface area contributed by atoms with E-state index in [1.807, 2.05) is 11.0 Å². The van der Waals surface area contributed by atoms with Crippen LogP contribution in [0.2, 0.25) is 5.02 Å². The zero-order valence-corrected chi connectivity index (χ0v) is 10.2. The second-order valence-electron chi connectivity index (χ2n) is 4.11. The van der Waals surface area contributed by atoms with Gasteiger partial charge in [-0.3, -0.25) is 0 Å². The molecule has 1 aromatic rings. The number of pyridine rings is 1. The third-order valence-corrected chi connectivity index (χ3v) is 3.49. The van der Waals surface area contributed by atoms with Crippen molar-refractivity contribution in [3.63, 3.8) is 0 Å². The fraction of sp³-hybridized carbons (Fsp3) is 0.500. The van der Waals surface area contributed by atoms with Gasteiger partial charge in [-0.05, 0) is 25.3 Å². The number of nitrogens with zero attached hydrogens (tertiary/aromatic N) is 3. The highest BCUT2D eigenvalue weighted by Crippen LogP contribution is 2.33. The third-order valence-electron chi connectivity index (χ3n) is 3.12. The number of aliphatic hydroxyl groups excluding tert-OH is 1. The topological polar surface area (TPSA) is 60.2 Å². The van der Waals surface area contributed by atoms with Crippen LogP contribution in [0.25, 0.3) is 0 Å². The van der Waals surface area contributed by atoms with Crippen molar-refractivity contribution in [2.75, 3.05) is 18.1 Å². The summed E-state index contributed by atoms with van der Waals surface area (Å²) in [6.45, 7) is 0.567. The number of halogens is 1. The van der Waals surface area contributed by atoms with Gasteiger partial charge in [0.25, 0.3) is 0 Å². The van der Waals surface area contributed by atoms with E-state index >= 15 is 0 Å². The Kier molecular flexibility index (Phi) is 3.82. The second kappa shape index (κ2) is 5.35. The maximum atomic E-state index is 9.11. The number of anilines is 1. The van der Waals surface area contributed by atoms with Gasteiger partial charge in [0, 0.05) is 18.8 Å². The summed E-state index contributed by atoms with van der Waals surface area (Å²) in [7, 11) is 0. The molecular formula is C12H14ClN3O. The minimum atomic E-state index is 0.0608. The van der Waals surface area contributed by atoms with Crippen LogP contribution in [-0.4, -0.2) is 29.3 Å². The molecule has 1 aliphatic rings. The molecule has 0 spiro atoms. The van der Waals surface area contributed by atoms with Crippen LogP contribution in [0, 0.1) is 11.3 Å². The van der Waals surface area contributed by atoms with Crippen LogP contribution in [0.4, 0.5) is 5.82 Å². The Balaban J connectivity index is 2.32. The molecule has 0 bridgehead atoms. The van der Waals surface area contributed by atoms with Crippen LogP contribution in [-0.2, 0) is 0 Å². The first kappa shape index (κ1) is 12.2. The molecule has 1 fully saturated rings. The molecule has 2 rings (SSSR count). The summed E-state index contributed by atoms with van der Waals surface area (Å²) in [6.07, 6.45) is 4.97. The van der Waals surface area contributed by atoms with E-state index in [2.05, 4.69) is 4.98 Å². The lowest BCUT2D eigenvalue weighted by atomic mass is 9.91. The first-order chi connectivity index (χ1) is 8.27. The molecule has 0 aliphatic heterocycles. The maximum Gasteiger partial charge on any atom is 0.149 e. The van der Waals surface area contributed by atoms with E-state index in [1.165, 1.54) is 6.42 Å². The quantitative estimate of drug-likeness (QED) is 0.889. The SMILES string of the molecule is N#Cc1ccnc(N(CCO)C2CCC2)c1Cl. The molecule has 0 amide bonds. The Morgan fingerprint density at radius 1 is 1.59 bits per heavy atom. The highest BCUT2D eigenvalue weighted by atomic mass is 35.5. The molecule has 1 saturated carbocycles. The summed E-state index contributed by atoms with van der Waals surface area (Å²) in [6, 6.07) is 4.04. The summed E-state index contributed by atoms with van der Waals surface area (Å²) < 4.78 is 0. The molecule has 5 heteroatoms. The summed E-state index contributed by atoms with van der Waals surface area (Å²) in [5.41, 5.74) is 0.430. The van der Waals surface area contributed by atoms with Crippen LogP contribution in [0.15, 0.2) is 12.3 Å². The number of hydrogen-bond acceptors (Lipinski definition) is 4. The van der Waals surface area contributed by atoms with Gasteiger partial charge in [0.05, 0.1) is 12.2 Å². The second-order valence-corrected chi connectivity index (χ2v) is 4.49. The Morgan fingerprint density at radius 3 is 2.88 bits per heavy atom. The third kappa shape index (κ3) is 2.36. The zero-order valence-electron chi connectivity index (χ0n) is 9.43. The first-order valence-corrected chi connectivity index (χ1v) is 6.08. The fourth-order valence-corrected chi connectivity index (χ4v) is 2.25. The Hall–Kier alpha value is -1.31. The van der Waals surface area contributed by atoms with E-state index in [0.29, 0.717) is 29.0 Å². The average Bonchev–Trinajstić information content (AvgIpc) is 2.26. The Morgan fingerprint density at radius 2 is 2.35 bits per heavy atom. The van der Waals surface area contributed by atoms with Crippen molar-refractivity contribution in [2.45, 2.75) is 25.3 Å². The largest absolute Gasteiger partial charge is 0.395 e. The lowest BCUT2D eigenvalue weighted by Crippen LogP contribution is -2.42. The number of nitriles is 1. The monoisotopic (exact) mass is 251 g/mol. The smallest absolute Gasteiger partial charge is 0.149 e. The van der Waals surface area contributed by atoms with Gasteiger partial charge in [0.15, 0.2) is 0 Å². The van der Waals surface area contributed by atoms with Crippen molar-refractivity contribution in [1.82, 2.24) is 4.98 Å². The van der Waals surface area contributed by atoms with Gasteiger partial charge in [-0.2, -0.15) is 5.26 Å². The molecule has 4 nitrogen and oxygen atoms in total. The summed E-state index contributed by atoms with van der Waals surface area (Å²) >= 11 is 6.16. The van der Waals surface area contributed by atoms with Gasteiger partial charge in [0.2, 0.25) is 0 Å². The van der Waals surface area contributed by atoms with Gasteiger partial charge >= 0.3 is 0 Å². The van der Waals surface area contributed by atoms with Crippen molar-refractivity contribution in [1.29, 1.82) is 5.26 Å². The molecule has 1 aliphatic carbocycles. The molecule has 0 saturated heterocycles. The molecule has 0 unspecified atom stereocenters. The lowest BCUT2D eigenvalue weighted by molar-refractivity contribution is 0.283. The predicted molar refractivity (Wildman–Crippen MR) is 66.0 cm³/mol. The Labute approximate surface area is 105 Å². The van der Waals surface area contributed by atoms with Crippen molar-refractivity contribution in [3.05, 3.63) is 22.8 Å². The molecule has 90 valence electrons. The fourth-order valence-electron chi connectivity index (χ4n) is 1.99. The standard InChI is InChI=1S/C12H14ClN3O/c13-11-9(8-14)4-5-15-12(11)16(6-7-17)10-2-1-3-10/h4-5,10,17H,1-3,6-7H2. The maximum absolute atomic E-state index is 9.11. The van der Waals surface area contributed by atoms with Crippen LogP contribution in [0.1, 0.15) is 24.8 Å². The highest BCUT2D eigenvalue weighted by Gasteiger charge is 2.27. The molecule has 17 heavy (non-hydrogen) atoms. The molecular weight excluding hydrogens is 238 g/mol. The normalized spacial score (nSPS) is 15.1. The van der Waals surface area contributed by atoms with Gasteiger partial charge in [-0.1, -0.05) is 11.6 Å². The first-order valence-electron chi connectivity index (χ1n) is 5.70. The van der Waals surface area contributed by atoms with Crippen molar-refractivity contribution in [3.8, 4) is 6.07 Å².